The summed E-state index contributed by atoms with van der Waals surface area (Å²) in [6, 6.07) is 15.6. The van der Waals surface area contributed by atoms with Gasteiger partial charge in [-0.05, 0) is 54.6 Å². The van der Waals surface area contributed by atoms with Crippen molar-refractivity contribution in [3.63, 3.8) is 0 Å². The zero-order valence-corrected chi connectivity index (χ0v) is 15.2. The van der Waals surface area contributed by atoms with Crippen molar-refractivity contribution in [2.45, 2.75) is 0 Å². The average Bonchev–Trinajstić information content (AvgIpc) is 2.61. The van der Waals surface area contributed by atoms with E-state index in [1.807, 2.05) is 84.7 Å². The fraction of sp³-hybridized carbons (Fsp3) is 0.211. The SMILES string of the molecule is COc1ccc(N(C(=S)/C=C/N(C)C)c2ccc(OC)cc2)cc1. The molecule has 0 bridgehead atoms. The highest BCUT2D eigenvalue weighted by atomic mass is 32.1. The molecule has 0 aliphatic heterocycles. The number of ether oxygens (including phenoxy) is 2. The van der Waals surface area contributed by atoms with Gasteiger partial charge in [0.05, 0.1) is 14.2 Å². The first kappa shape index (κ1) is 17.8. The zero-order chi connectivity index (χ0) is 17.5. The molecular formula is C19H22N2O2S. The Morgan fingerprint density at radius 2 is 1.25 bits per heavy atom. The second-order valence-corrected chi connectivity index (χ2v) is 5.77. The van der Waals surface area contributed by atoms with Crippen LogP contribution in [0.5, 0.6) is 11.5 Å². The Labute approximate surface area is 148 Å². The van der Waals surface area contributed by atoms with E-state index >= 15 is 0 Å². The number of rotatable bonds is 6. The number of nitrogens with zero attached hydrogens (tertiary/aromatic N) is 2. The lowest BCUT2D eigenvalue weighted by Gasteiger charge is -2.24. The maximum absolute atomic E-state index is 5.63. The predicted octanol–water partition coefficient (Wildman–Crippen LogP) is 4.24. The molecule has 0 saturated carbocycles. The van der Waals surface area contributed by atoms with Gasteiger partial charge in [-0.2, -0.15) is 0 Å². The van der Waals surface area contributed by atoms with Crippen LogP contribution >= 0.6 is 12.2 Å². The van der Waals surface area contributed by atoms with Crippen LogP contribution in [0.4, 0.5) is 11.4 Å². The number of benzene rings is 2. The topological polar surface area (TPSA) is 24.9 Å². The Kier molecular flexibility index (Phi) is 6.21. The molecule has 0 saturated heterocycles. The Bertz CT molecular complexity index is 647. The lowest BCUT2D eigenvalue weighted by atomic mass is 10.2. The first-order valence-electron chi connectivity index (χ1n) is 7.52. The van der Waals surface area contributed by atoms with E-state index in [2.05, 4.69) is 0 Å². The molecule has 2 rings (SSSR count). The molecule has 0 unspecified atom stereocenters. The molecule has 5 heteroatoms. The fourth-order valence-electron chi connectivity index (χ4n) is 2.15. The summed E-state index contributed by atoms with van der Waals surface area (Å²) < 4.78 is 10.5. The second-order valence-electron chi connectivity index (χ2n) is 5.35. The minimum absolute atomic E-state index is 0.694. The highest BCUT2D eigenvalue weighted by Crippen LogP contribution is 2.29. The van der Waals surface area contributed by atoms with Crippen molar-refractivity contribution >= 4 is 28.6 Å². The molecule has 0 heterocycles. The molecule has 0 aromatic heterocycles. The molecule has 0 atom stereocenters. The third-order valence-electron chi connectivity index (χ3n) is 3.40. The fourth-order valence-corrected chi connectivity index (χ4v) is 2.43. The zero-order valence-electron chi connectivity index (χ0n) is 14.4. The van der Waals surface area contributed by atoms with Crippen molar-refractivity contribution in [1.82, 2.24) is 4.90 Å². The molecule has 2 aromatic rings. The third-order valence-corrected chi connectivity index (χ3v) is 3.72. The highest BCUT2D eigenvalue weighted by molar-refractivity contribution is 7.81. The molecule has 0 spiro atoms. The quantitative estimate of drug-likeness (QED) is 0.577. The van der Waals surface area contributed by atoms with Crippen LogP contribution in [-0.4, -0.2) is 38.2 Å². The molecule has 0 aliphatic carbocycles. The molecule has 2 aromatic carbocycles. The standard InChI is InChI=1S/C19H22N2O2S/c1-20(2)14-13-19(24)21(15-5-9-17(22-3)10-6-15)16-7-11-18(23-4)12-8-16/h5-14H,1-4H3/b14-13+. The molecule has 0 radical (unpaired) electrons. The van der Waals surface area contributed by atoms with Crippen LogP contribution < -0.4 is 14.4 Å². The summed E-state index contributed by atoms with van der Waals surface area (Å²) in [6.07, 6.45) is 3.84. The van der Waals surface area contributed by atoms with Gasteiger partial charge in [-0.1, -0.05) is 12.2 Å². The third kappa shape index (κ3) is 4.49. The van der Waals surface area contributed by atoms with E-state index in [1.165, 1.54) is 0 Å². The van der Waals surface area contributed by atoms with Gasteiger partial charge < -0.3 is 19.3 Å². The van der Waals surface area contributed by atoms with Crippen LogP contribution in [0.2, 0.25) is 0 Å². The molecule has 4 nitrogen and oxygen atoms in total. The van der Waals surface area contributed by atoms with E-state index in [-0.39, 0.29) is 0 Å². The second kappa shape index (κ2) is 8.36. The van der Waals surface area contributed by atoms with E-state index in [0.29, 0.717) is 4.99 Å². The lowest BCUT2D eigenvalue weighted by molar-refractivity contribution is 0.415. The summed E-state index contributed by atoms with van der Waals surface area (Å²) >= 11 is 5.63. The van der Waals surface area contributed by atoms with Gasteiger partial charge in [0, 0.05) is 31.7 Å². The van der Waals surface area contributed by atoms with Gasteiger partial charge in [-0.25, -0.2) is 0 Å². The monoisotopic (exact) mass is 342 g/mol. The predicted molar refractivity (Wildman–Crippen MR) is 104 cm³/mol. The summed E-state index contributed by atoms with van der Waals surface area (Å²) in [5.74, 6) is 1.62. The molecule has 126 valence electrons. The number of anilines is 2. The molecule has 0 aliphatic rings. The molecule has 0 fully saturated rings. The molecular weight excluding hydrogens is 320 g/mol. The van der Waals surface area contributed by atoms with Crippen molar-refractivity contribution < 1.29 is 9.47 Å². The Morgan fingerprint density at radius 1 is 0.833 bits per heavy atom. The van der Waals surface area contributed by atoms with E-state index < -0.39 is 0 Å². The van der Waals surface area contributed by atoms with Crippen molar-refractivity contribution in [3.05, 3.63) is 60.8 Å². The van der Waals surface area contributed by atoms with Gasteiger partial charge in [0.1, 0.15) is 16.5 Å². The van der Waals surface area contributed by atoms with E-state index in [9.17, 15) is 0 Å². The van der Waals surface area contributed by atoms with Crippen LogP contribution in [0, 0.1) is 0 Å². The van der Waals surface area contributed by atoms with Gasteiger partial charge in [0.2, 0.25) is 0 Å². The number of hydrogen-bond donors (Lipinski definition) is 0. The minimum Gasteiger partial charge on any atom is -0.497 e. The van der Waals surface area contributed by atoms with E-state index in [1.54, 1.807) is 14.2 Å². The maximum Gasteiger partial charge on any atom is 0.119 e. The van der Waals surface area contributed by atoms with E-state index in [0.717, 1.165) is 22.9 Å². The largest absolute Gasteiger partial charge is 0.497 e. The Hall–Kier alpha value is -2.53. The number of hydrogen-bond acceptors (Lipinski definition) is 4. The van der Waals surface area contributed by atoms with Gasteiger partial charge in [-0.3, -0.25) is 0 Å². The summed E-state index contributed by atoms with van der Waals surface area (Å²) in [4.78, 5) is 4.65. The Morgan fingerprint density at radius 3 is 1.58 bits per heavy atom. The van der Waals surface area contributed by atoms with Crippen LogP contribution in [0.1, 0.15) is 0 Å². The van der Waals surface area contributed by atoms with Crippen LogP contribution in [0.15, 0.2) is 60.8 Å². The van der Waals surface area contributed by atoms with Crippen molar-refractivity contribution in [2.75, 3.05) is 33.2 Å². The number of methoxy groups -OCH3 is 2. The molecule has 0 amide bonds. The number of thiocarbonyl (C=S) groups is 1. The minimum atomic E-state index is 0.694. The van der Waals surface area contributed by atoms with Crippen LogP contribution in [0.25, 0.3) is 0 Å². The van der Waals surface area contributed by atoms with Crippen LogP contribution in [-0.2, 0) is 0 Å². The van der Waals surface area contributed by atoms with Crippen molar-refractivity contribution in [3.8, 4) is 11.5 Å². The highest BCUT2D eigenvalue weighted by Gasteiger charge is 2.13. The van der Waals surface area contributed by atoms with Gasteiger partial charge in [-0.15, -0.1) is 0 Å². The van der Waals surface area contributed by atoms with Gasteiger partial charge >= 0.3 is 0 Å². The summed E-state index contributed by atoms with van der Waals surface area (Å²) in [5, 5.41) is 0. The summed E-state index contributed by atoms with van der Waals surface area (Å²) in [7, 11) is 7.23. The van der Waals surface area contributed by atoms with E-state index in [4.69, 9.17) is 21.7 Å². The molecule has 0 N–H and O–H groups in total. The summed E-state index contributed by atoms with van der Waals surface area (Å²) in [6.45, 7) is 0. The van der Waals surface area contributed by atoms with Crippen molar-refractivity contribution in [2.24, 2.45) is 0 Å². The lowest BCUT2D eigenvalue weighted by Crippen LogP contribution is -2.22. The Balaban J connectivity index is 2.40. The normalized spacial score (nSPS) is 10.5. The smallest absolute Gasteiger partial charge is 0.119 e. The first-order chi connectivity index (χ1) is 11.5. The van der Waals surface area contributed by atoms with Gasteiger partial charge in [0.25, 0.3) is 0 Å². The average molecular weight is 342 g/mol. The maximum atomic E-state index is 5.63. The van der Waals surface area contributed by atoms with Gasteiger partial charge in [0.15, 0.2) is 0 Å². The first-order valence-corrected chi connectivity index (χ1v) is 7.93. The summed E-state index contributed by atoms with van der Waals surface area (Å²) in [5.41, 5.74) is 1.93. The molecule has 24 heavy (non-hydrogen) atoms. The van der Waals surface area contributed by atoms with Crippen LogP contribution in [0.3, 0.4) is 0 Å². The van der Waals surface area contributed by atoms with Crippen molar-refractivity contribution in [1.29, 1.82) is 0 Å².